The minimum atomic E-state index is -0.578. The van der Waals surface area contributed by atoms with Gasteiger partial charge in [0.05, 0.1) is 12.2 Å². The highest BCUT2D eigenvalue weighted by atomic mass is 35.5. The van der Waals surface area contributed by atoms with Gasteiger partial charge in [-0.15, -0.1) is 11.3 Å². The quantitative estimate of drug-likeness (QED) is 0.358. The summed E-state index contributed by atoms with van der Waals surface area (Å²) in [5, 5.41) is 5.89. The van der Waals surface area contributed by atoms with Crippen molar-refractivity contribution in [2.45, 2.75) is 38.4 Å². The molecule has 1 aliphatic heterocycles. The van der Waals surface area contributed by atoms with Crippen molar-refractivity contribution in [3.05, 3.63) is 87.9 Å². The van der Waals surface area contributed by atoms with E-state index in [1.807, 2.05) is 24.3 Å². The lowest BCUT2D eigenvalue weighted by atomic mass is 9.90. The van der Waals surface area contributed by atoms with Gasteiger partial charge < -0.3 is 0 Å². The molecular formula is C24H22ClF2N5S. The van der Waals surface area contributed by atoms with Crippen LogP contribution in [0.25, 0.3) is 10.6 Å². The Morgan fingerprint density at radius 2 is 1.97 bits per heavy atom. The van der Waals surface area contributed by atoms with Crippen molar-refractivity contribution >= 4 is 22.9 Å². The van der Waals surface area contributed by atoms with Gasteiger partial charge in [0.25, 0.3) is 0 Å². The molecule has 9 heteroatoms. The standard InChI is InChI=1S/C24H22ClF2N5S/c1-15(20(11-32-14-28-13-29-32)19-7-6-18(26)10-21(19)27)31-9-8-22-23(12-31)33-24(30-22)16-2-4-17(25)5-3-16/h2-7,10,13-15,20H,8-9,11-12H2,1H3. The lowest BCUT2D eigenvalue weighted by Crippen LogP contribution is -2.42. The van der Waals surface area contributed by atoms with Crippen LogP contribution in [-0.4, -0.2) is 37.2 Å². The molecule has 2 atom stereocenters. The molecule has 3 heterocycles. The number of rotatable bonds is 6. The molecule has 0 saturated heterocycles. The van der Waals surface area contributed by atoms with Gasteiger partial charge in [-0.25, -0.2) is 18.7 Å². The third-order valence-electron chi connectivity index (χ3n) is 6.22. The molecule has 170 valence electrons. The Morgan fingerprint density at radius 3 is 2.70 bits per heavy atom. The fraction of sp³-hybridized carbons (Fsp3) is 0.292. The maximum atomic E-state index is 14.8. The molecule has 0 radical (unpaired) electrons. The molecule has 0 spiro atoms. The number of nitrogens with zero attached hydrogens (tertiary/aromatic N) is 5. The van der Waals surface area contributed by atoms with Gasteiger partial charge in [-0.2, -0.15) is 5.10 Å². The summed E-state index contributed by atoms with van der Waals surface area (Å²) in [5.74, 6) is -1.34. The Morgan fingerprint density at radius 1 is 1.15 bits per heavy atom. The zero-order valence-electron chi connectivity index (χ0n) is 18.0. The van der Waals surface area contributed by atoms with Gasteiger partial charge >= 0.3 is 0 Å². The van der Waals surface area contributed by atoms with E-state index in [0.717, 1.165) is 41.8 Å². The summed E-state index contributed by atoms with van der Waals surface area (Å²) in [7, 11) is 0. The Balaban J connectivity index is 1.41. The molecule has 0 saturated carbocycles. The number of fused-ring (bicyclic) bond motifs is 1. The van der Waals surface area contributed by atoms with E-state index in [9.17, 15) is 8.78 Å². The maximum absolute atomic E-state index is 14.8. The van der Waals surface area contributed by atoms with Gasteiger partial charge in [-0.1, -0.05) is 29.8 Å². The van der Waals surface area contributed by atoms with E-state index in [-0.39, 0.29) is 12.0 Å². The van der Waals surface area contributed by atoms with Gasteiger partial charge in [0.1, 0.15) is 29.3 Å². The molecule has 0 fully saturated rings. The topological polar surface area (TPSA) is 46.8 Å². The predicted molar refractivity (Wildman–Crippen MR) is 125 cm³/mol. The molecule has 2 aromatic carbocycles. The van der Waals surface area contributed by atoms with Crippen LogP contribution in [0.15, 0.2) is 55.1 Å². The van der Waals surface area contributed by atoms with Crippen LogP contribution >= 0.6 is 22.9 Å². The van der Waals surface area contributed by atoms with Crippen LogP contribution in [0.2, 0.25) is 5.02 Å². The van der Waals surface area contributed by atoms with E-state index < -0.39 is 11.6 Å². The summed E-state index contributed by atoms with van der Waals surface area (Å²) >= 11 is 7.71. The van der Waals surface area contributed by atoms with Crippen LogP contribution < -0.4 is 0 Å². The first-order chi connectivity index (χ1) is 16.0. The molecule has 33 heavy (non-hydrogen) atoms. The summed E-state index contributed by atoms with van der Waals surface area (Å²) in [6.45, 7) is 4.09. The van der Waals surface area contributed by atoms with E-state index in [1.54, 1.807) is 28.4 Å². The van der Waals surface area contributed by atoms with E-state index in [0.29, 0.717) is 17.1 Å². The monoisotopic (exact) mass is 485 g/mol. The smallest absolute Gasteiger partial charge is 0.137 e. The lowest BCUT2D eigenvalue weighted by molar-refractivity contribution is 0.157. The largest absolute Gasteiger partial charge is 0.294 e. The van der Waals surface area contributed by atoms with Crippen molar-refractivity contribution in [3.8, 4) is 10.6 Å². The summed E-state index contributed by atoms with van der Waals surface area (Å²) in [4.78, 5) is 12.4. The van der Waals surface area contributed by atoms with Gasteiger partial charge in [-0.05, 0) is 30.7 Å². The summed E-state index contributed by atoms with van der Waals surface area (Å²) in [5.41, 5.74) is 2.65. The minimum absolute atomic E-state index is 0.0107. The normalized spacial score (nSPS) is 15.9. The van der Waals surface area contributed by atoms with Crippen molar-refractivity contribution in [3.63, 3.8) is 0 Å². The van der Waals surface area contributed by atoms with E-state index in [2.05, 4.69) is 21.9 Å². The zero-order chi connectivity index (χ0) is 22.9. The van der Waals surface area contributed by atoms with Gasteiger partial charge in [0, 0.05) is 53.0 Å². The van der Waals surface area contributed by atoms with Crippen molar-refractivity contribution < 1.29 is 8.78 Å². The molecule has 2 unspecified atom stereocenters. The molecule has 0 N–H and O–H groups in total. The highest BCUT2D eigenvalue weighted by Crippen LogP contribution is 2.35. The highest BCUT2D eigenvalue weighted by Gasteiger charge is 2.31. The van der Waals surface area contributed by atoms with Gasteiger partial charge in [0.15, 0.2) is 0 Å². The number of hydrogen-bond acceptors (Lipinski definition) is 5. The number of benzene rings is 2. The first kappa shape index (κ1) is 22.1. The highest BCUT2D eigenvalue weighted by molar-refractivity contribution is 7.15. The number of aromatic nitrogens is 4. The second-order valence-corrected chi connectivity index (χ2v) is 9.77. The van der Waals surface area contributed by atoms with Crippen LogP contribution in [0.1, 0.15) is 29.0 Å². The zero-order valence-corrected chi connectivity index (χ0v) is 19.5. The van der Waals surface area contributed by atoms with Gasteiger partial charge in [0.2, 0.25) is 0 Å². The Bertz CT molecular complexity index is 1240. The first-order valence-electron chi connectivity index (χ1n) is 10.7. The Labute approximate surface area is 199 Å². The van der Waals surface area contributed by atoms with E-state index >= 15 is 0 Å². The summed E-state index contributed by atoms with van der Waals surface area (Å²) < 4.78 is 30.1. The third-order valence-corrected chi connectivity index (χ3v) is 7.61. The lowest BCUT2D eigenvalue weighted by Gasteiger charge is -2.37. The third kappa shape index (κ3) is 4.69. The minimum Gasteiger partial charge on any atom is -0.294 e. The number of halogens is 3. The number of thiazole rings is 1. The van der Waals surface area contributed by atoms with E-state index in [4.69, 9.17) is 16.6 Å². The molecule has 0 amide bonds. The average molecular weight is 486 g/mol. The Kier molecular flexibility index (Phi) is 6.23. The van der Waals surface area contributed by atoms with Crippen LogP contribution in [-0.2, 0) is 19.5 Å². The second-order valence-electron chi connectivity index (χ2n) is 8.25. The fourth-order valence-electron chi connectivity index (χ4n) is 4.37. The summed E-state index contributed by atoms with van der Waals surface area (Å²) in [6.07, 6.45) is 3.91. The SMILES string of the molecule is CC(C(Cn1cncn1)c1ccc(F)cc1F)N1CCc2nc(-c3ccc(Cl)cc3)sc2C1. The molecule has 4 aromatic rings. The molecule has 2 aromatic heterocycles. The maximum Gasteiger partial charge on any atom is 0.137 e. The van der Waals surface area contributed by atoms with E-state index in [1.165, 1.54) is 17.3 Å². The molecule has 1 aliphatic rings. The van der Waals surface area contributed by atoms with Crippen LogP contribution in [0.4, 0.5) is 8.78 Å². The summed E-state index contributed by atoms with van der Waals surface area (Å²) in [6, 6.07) is 11.5. The molecule has 5 nitrogen and oxygen atoms in total. The van der Waals surface area contributed by atoms with Crippen molar-refractivity contribution in [2.24, 2.45) is 0 Å². The Hall–Kier alpha value is -2.68. The van der Waals surface area contributed by atoms with Crippen LogP contribution in [0, 0.1) is 11.6 Å². The van der Waals surface area contributed by atoms with Gasteiger partial charge in [-0.3, -0.25) is 9.58 Å². The molecule has 0 bridgehead atoms. The predicted octanol–water partition coefficient (Wildman–Crippen LogP) is 5.56. The number of hydrogen-bond donors (Lipinski definition) is 0. The fourth-order valence-corrected chi connectivity index (χ4v) is 5.64. The van der Waals surface area contributed by atoms with Crippen molar-refractivity contribution in [1.82, 2.24) is 24.6 Å². The molecule has 0 aliphatic carbocycles. The molecular weight excluding hydrogens is 464 g/mol. The average Bonchev–Trinajstić information content (AvgIpc) is 3.47. The second kappa shape index (κ2) is 9.29. The van der Waals surface area contributed by atoms with Crippen LogP contribution in [0.3, 0.4) is 0 Å². The molecule has 5 rings (SSSR count). The first-order valence-corrected chi connectivity index (χ1v) is 11.9. The van der Waals surface area contributed by atoms with Crippen molar-refractivity contribution in [2.75, 3.05) is 6.54 Å². The van der Waals surface area contributed by atoms with Crippen LogP contribution in [0.5, 0.6) is 0 Å². The van der Waals surface area contributed by atoms with Crippen molar-refractivity contribution in [1.29, 1.82) is 0 Å².